The average Bonchev–Trinajstić information content (AvgIpc) is 2.65. The molecule has 1 aromatic rings. The Labute approximate surface area is 120 Å². The highest BCUT2D eigenvalue weighted by Crippen LogP contribution is 2.31. The summed E-state index contributed by atoms with van der Waals surface area (Å²) in [5.41, 5.74) is 8.08. The van der Waals surface area contributed by atoms with Crippen LogP contribution in [0, 0.1) is 6.92 Å². The van der Waals surface area contributed by atoms with Crippen LogP contribution >= 0.6 is 11.8 Å². The van der Waals surface area contributed by atoms with E-state index < -0.39 is 0 Å². The van der Waals surface area contributed by atoms with Gasteiger partial charge in [-0.15, -0.1) is 0 Å². The Hall–Kier alpha value is -0.720. The fourth-order valence-electron chi connectivity index (χ4n) is 2.43. The van der Waals surface area contributed by atoms with Gasteiger partial charge >= 0.3 is 0 Å². The molecular formula is C13H26N4OS. The van der Waals surface area contributed by atoms with E-state index in [9.17, 15) is 0 Å². The number of methoxy groups -OCH3 is 1. The molecule has 0 aliphatic carbocycles. The molecule has 0 saturated heterocycles. The van der Waals surface area contributed by atoms with E-state index in [-0.39, 0.29) is 6.04 Å². The average molecular weight is 286 g/mol. The van der Waals surface area contributed by atoms with Crippen LogP contribution in [0.5, 0.6) is 5.88 Å². The molecule has 2 N–H and O–H groups in total. The van der Waals surface area contributed by atoms with Crippen LogP contribution in [0.3, 0.4) is 0 Å². The van der Waals surface area contributed by atoms with Crippen molar-refractivity contribution >= 4 is 11.8 Å². The van der Waals surface area contributed by atoms with E-state index in [2.05, 4.69) is 30.2 Å². The van der Waals surface area contributed by atoms with Gasteiger partial charge in [-0.05, 0) is 27.2 Å². The van der Waals surface area contributed by atoms with Crippen molar-refractivity contribution in [2.75, 3.05) is 32.7 Å². The van der Waals surface area contributed by atoms with Crippen LogP contribution in [0.2, 0.25) is 0 Å². The number of aryl methyl sites for hydroxylation is 2. The van der Waals surface area contributed by atoms with Crippen molar-refractivity contribution < 1.29 is 4.74 Å². The summed E-state index contributed by atoms with van der Waals surface area (Å²) in [5, 5.41) is 4.44. The maximum absolute atomic E-state index is 6.00. The fraction of sp³-hybridized carbons (Fsp3) is 0.769. The summed E-state index contributed by atoms with van der Waals surface area (Å²) in [6, 6.07) is 0.582. The molecule has 2 unspecified atom stereocenters. The van der Waals surface area contributed by atoms with Gasteiger partial charge in [-0.3, -0.25) is 4.90 Å². The molecule has 0 aliphatic rings. The molecule has 1 rings (SSSR count). The first-order chi connectivity index (χ1) is 8.97. The second-order valence-electron chi connectivity index (χ2n) is 4.85. The second-order valence-corrected chi connectivity index (χ2v) is 5.76. The summed E-state index contributed by atoms with van der Waals surface area (Å²) >= 11 is 1.85. The third-order valence-electron chi connectivity index (χ3n) is 3.56. The quantitative estimate of drug-likeness (QED) is 0.821. The summed E-state index contributed by atoms with van der Waals surface area (Å²) in [4.78, 5) is 2.31. The van der Waals surface area contributed by atoms with E-state index in [0.29, 0.717) is 12.6 Å². The largest absolute Gasteiger partial charge is 0.481 e. The molecule has 19 heavy (non-hydrogen) atoms. The maximum atomic E-state index is 6.00. The van der Waals surface area contributed by atoms with E-state index in [1.54, 1.807) is 11.8 Å². The van der Waals surface area contributed by atoms with E-state index in [1.807, 2.05) is 25.7 Å². The molecule has 1 heterocycles. The molecule has 2 atom stereocenters. The van der Waals surface area contributed by atoms with Gasteiger partial charge in [-0.2, -0.15) is 16.9 Å². The fourth-order valence-corrected chi connectivity index (χ4v) is 3.15. The van der Waals surface area contributed by atoms with Gasteiger partial charge in [0.2, 0.25) is 5.88 Å². The van der Waals surface area contributed by atoms with Crippen molar-refractivity contribution in [2.24, 2.45) is 12.8 Å². The van der Waals surface area contributed by atoms with Crippen LogP contribution in [-0.2, 0) is 7.05 Å². The van der Waals surface area contributed by atoms with Gasteiger partial charge in [-0.25, -0.2) is 4.68 Å². The van der Waals surface area contributed by atoms with Crippen molar-refractivity contribution in [1.29, 1.82) is 0 Å². The minimum Gasteiger partial charge on any atom is -0.481 e. The second kappa shape index (κ2) is 7.17. The highest BCUT2D eigenvalue weighted by molar-refractivity contribution is 7.98. The number of ether oxygens (including phenoxy) is 1. The normalized spacial score (nSPS) is 14.7. The molecular weight excluding hydrogens is 260 g/mol. The van der Waals surface area contributed by atoms with Gasteiger partial charge < -0.3 is 10.5 Å². The molecule has 0 spiro atoms. The number of nitrogens with zero attached hydrogens (tertiary/aromatic N) is 3. The molecule has 0 fully saturated rings. The molecule has 0 aliphatic heterocycles. The highest BCUT2D eigenvalue weighted by atomic mass is 32.2. The smallest absolute Gasteiger partial charge is 0.216 e. The number of likely N-dealkylation sites (N-methyl/N-ethyl adjacent to an activating group) is 1. The van der Waals surface area contributed by atoms with Crippen molar-refractivity contribution in [3.8, 4) is 5.88 Å². The molecule has 0 saturated carbocycles. The summed E-state index contributed by atoms with van der Waals surface area (Å²) in [7, 11) is 5.69. The third kappa shape index (κ3) is 3.43. The SMILES string of the molecule is COc1c(C(CN)N(C)C(C)CSC)c(C)nn1C. The van der Waals surface area contributed by atoms with Crippen LogP contribution in [0.25, 0.3) is 0 Å². The molecule has 0 amide bonds. The number of thioether (sulfide) groups is 1. The number of hydrogen-bond donors (Lipinski definition) is 1. The van der Waals surface area contributed by atoms with Crippen LogP contribution < -0.4 is 10.5 Å². The predicted octanol–water partition coefficient (Wildman–Crippen LogP) is 1.42. The lowest BCUT2D eigenvalue weighted by molar-refractivity contribution is 0.199. The Morgan fingerprint density at radius 2 is 2.16 bits per heavy atom. The molecule has 0 radical (unpaired) electrons. The van der Waals surface area contributed by atoms with E-state index in [4.69, 9.17) is 10.5 Å². The van der Waals surface area contributed by atoms with Gasteiger partial charge in [0.1, 0.15) is 0 Å². The topological polar surface area (TPSA) is 56.3 Å². The van der Waals surface area contributed by atoms with Gasteiger partial charge in [-0.1, -0.05) is 0 Å². The number of hydrogen-bond acceptors (Lipinski definition) is 5. The molecule has 110 valence electrons. The van der Waals surface area contributed by atoms with Crippen LogP contribution in [0.1, 0.15) is 24.2 Å². The van der Waals surface area contributed by atoms with Crippen LogP contribution in [0.15, 0.2) is 0 Å². The first-order valence-corrected chi connectivity index (χ1v) is 7.85. The Bertz CT molecular complexity index is 408. The molecule has 0 aromatic carbocycles. The molecule has 5 nitrogen and oxygen atoms in total. The predicted molar refractivity (Wildman–Crippen MR) is 81.9 cm³/mol. The summed E-state index contributed by atoms with van der Waals surface area (Å²) < 4.78 is 7.26. The van der Waals surface area contributed by atoms with Gasteiger partial charge in [0.25, 0.3) is 0 Å². The Morgan fingerprint density at radius 1 is 1.53 bits per heavy atom. The summed E-state index contributed by atoms with van der Waals surface area (Å²) in [6.07, 6.45) is 2.12. The highest BCUT2D eigenvalue weighted by Gasteiger charge is 2.27. The minimum absolute atomic E-state index is 0.130. The van der Waals surface area contributed by atoms with Crippen molar-refractivity contribution in [3.05, 3.63) is 11.3 Å². The molecule has 6 heteroatoms. The first-order valence-electron chi connectivity index (χ1n) is 6.46. The lowest BCUT2D eigenvalue weighted by atomic mass is 10.0. The van der Waals surface area contributed by atoms with E-state index >= 15 is 0 Å². The zero-order valence-electron chi connectivity index (χ0n) is 12.8. The maximum Gasteiger partial charge on any atom is 0.216 e. The minimum atomic E-state index is 0.130. The van der Waals surface area contributed by atoms with Gasteiger partial charge in [0, 0.05) is 25.4 Å². The monoisotopic (exact) mass is 286 g/mol. The van der Waals surface area contributed by atoms with E-state index in [0.717, 1.165) is 22.9 Å². The van der Waals surface area contributed by atoms with Crippen LogP contribution in [0.4, 0.5) is 0 Å². The number of aromatic nitrogens is 2. The first kappa shape index (κ1) is 16.3. The zero-order valence-corrected chi connectivity index (χ0v) is 13.6. The van der Waals surface area contributed by atoms with Crippen molar-refractivity contribution in [1.82, 2.24) is 14.7 Å². The standard InChI is InChI=1S/C13H26N4OS/c1-9(8-19-6)16(3)11(7-14)12-10(2)15-17(4)13(12)18-5/h9,11H,7-8,14H2,1-6H3. The summed E-state index contributed by atoms with van der Waals surface area (Å²) in [6.45, 7) is 4.78. The lowest BCUT2D eigenvalue weighted by Gasteiger charge is -2.32. The van der Waals surface area contributed by atoms with Crippen LogP contribution in [-0.4, -0.2) is 53.4 Å². The summed E-state index contributed by atoms with van der Waals surface area (Å²) in [5.74, 6) is 1.88. The zero-order chi connectivity index (χ0) is 14.6. The van der Waals surface area contributed by atoms with Crippen molar-refractivity contribution in [2.45, 2.75) is 25.9 Å². The van der Waals surface area contributed by atoms with Gasteiger partial charge in [0.05, 0.1) is 24.4 Å². The Kier molecular flexibility index (Phi) is 6.16. The van der Waals surface area contributed by atoms with E-state index in [1.165, 1.54) is 0 Å². The number of nitrogens with two attached hydrogens (primary N) is 1. The molecule has 0 bridgehead atoms. The Morgan fingerprint density at radius 3 is 2.63 bits per heavy atom. The number of rotatable bonds is 7. The third-order valence-corrected chi connectivity index (χ3v) is 4.37. The van der Waals surface area contributed by atoms with Crippen molar-refractivity contribution in [3.63, 3.8) is 0 Å². The lowest BCUT2D eigenvalue weighted by Crippen LogP contribution is -2.38. The molecule has 1 aromatic heterocycles. The Balaban J connectivity index is 3.09. The van der Waals surface area contributed by atoms with Gasteiger partial charge in [0.15, 0.2) is 0 Å².